The number of rotatable bonds is 11. The lowest BCUT2D eigenvalue weighted by Gasteiger charge is -2.10. The number of anilines is 1. The molecule has 2 amide bonds. The Hall–Kier alpha value is -5.17. The van der Waals surface area contributed by atoms with Gasteiger partial charge in [-0.05, 0) is 67.8 Å². The van der Waals surface area contributed by atoms with E-state index in [2.05, 4.69) is 25.1 Å². The van der Waals surface area contributed by atoms with E-state index in [9.17, 15) is 26.4 Å². The highest BCUT2D eigenvalue weighted by Gasteiger charge is 2.27. The summed E-state index contributed by atoms with van der Waals surface area (Å²) in [4.78, 5) is 32.1. The molecule has 0 spiro atoms. The number of methoxy groups -OCH3 is 3. The first-order chi connectivity index (χ1) is 24.7. The van der Waals surface area contributed by atoms with Gasteiger partial charge >= 0.3 is 0 Å². The molecule has 52 heavy (non-hydrogen) atoms. The number of halogens is 2. The van der Waals surface area contributed by atoms with Gasteiger partial charge in [-0.1, -0.05) is 41.4 Å². The van der Waals surface area contributed by atoms with Crippen LogP contribution in [0.3, 0.4) is 0 Å². The predicted octanol–water partition coefficient (Wildman–Crippen LogP) is 4.26. The molecule has 20 heteroatoms. The van der Waals surface area contributed by atoms with Crippen LogP contribution < -0.4 is 29.0 Å². The largest absolute Gasteiger partial charge is 0.496 e. The molecule has 2 aromatic heterocycles. The maximum atomic E-state index is 12.7. The number of aryl methyl sites for hydroxylation is 1. The monoisotopic (exact) mass is 791 g/mol. The van der Waals surface area contributed by atoms with E-state index in [-0.39, 0.29) is 61.4 Å². The van der Waals surface area contributed by atoms with Crippen LogP contribution >= 0.6 is 23.2 Å². The number of amides is 2. The summed E-state index contributed by atoms with van der Waals surface area (Å²) < 4.78 is 70.9. The summed E-state index contributed by atoms with van der Waals surface area (Å²) in [6, 6.07) is 16.6. The first-order valence-electron chi connectivity index (χ1n) is 15.1. The third-order valence-corrected chi connectivity index (χ3v) is 10.6. The lowest BCUT2D eigenvalue weighted by molar-refractivity contribution is 0.0948. The molecule has 274 valence electrons. The van der Waals surface area contributed by atoms with E-state index in [1.54, 1.807) is 31.2 Å². The van der Waals surface area contributed by atoms with Gasteiger partial charge in [0.1, 0.15) is 5.75 Å². The molecule has 0 atom stereocenters. The minimum atomic E-state index is -4.18. The zero-order chi connectivity index (χ0) is 37.8. The summed E-state index contributed by atoms with van der Waals surface area (Å²) in [5.74, 6) is -0.376. The Labute approximate surface area is 308 Å². The molecule has 6 rings (SSSR count). The van der Waals surface area contributed by atoms with E-state index in [4.69, 9.17) is 37.4 Å². The van der Waals surface area contributed by atoms with Crippen LogP contribution in [0, 0.1) is 6.92 Å². The molecular weight excluding hydrogens is 761 g/mol. The summed E-state index contributed by atoms with van der Waals surface area (Å²) in [6.45, 7) is 1.72. The van der Waals surface area contributed by atoms with Gasteiger partial charge in [-0.2, -0.15) is 22.9 Å². The molecule has 3 N–H and O–H groups in total. The quantitative estimate of drug-likeness (QED) is 0.171. The van der Waals surface area contributed by atoms with Crippen LogP contribution in [-0.2, 0) is 20.0 Å². The Morgan fingerprint density at radius 3 is 2.17 bits per heavy atom. The second-order valence-corrected chi connectivity index (χ2v) is 15.1. The third-order valence-electron chi connectivity index (χ3n) is 7.33. The maximum absolute atomic E-state index is 12.7. The van der Waals surface area contributed by atoms with Gasteiger partial charge in [-0.3, -0.25) is 14.3 Å². The minimum Gasteiger partial charge on any atom is -0.496 e. The zero-order valence-corrected chi connectivity index (χ0v) is 31.0. The highest BCUT2D eigenvalue weighted by molar-refractivity contribution is 7.92. The highest BCUT2D eigenvalue weighted by atomic mass is 35.5. The number of hydrogen-bond acceptors (Lipinski definition) is 12. The number of carbonyl (C=O) groups is 2. The van der Waals surface area contributed by atoms with Gasteiger partial charge in [0.25, 0.3) is 42.8 Å². The van der Waals surface area contributed by atoms with Crippen molar-refractivity contribution >= 4 is 66.5 Å². The van der Waals surface area contributed by atoms with Crippen LogP contribution in [-0.4, -0.2) is 75.6 Å². The van der Waals surface area contributed by atoms with Gasteiger partial charge in [-0.15, -0.1) is 5.10 Å². The van der Waals surface area contributed by atoms with Crippen molar-refractivity contribution in [2.45, 2.75) is 35.9 Å². The number of ether oxygens (including phenoxy) is 3. The summed E-state index contributed by atoms with van der Waals surface area (Å²) in [5, 5.41) is 6.56. The van der Waals surface area contributed by atoms with Gasteiger partial charge in [0.05, 0.1) is 53.6 Å². The Balaban J connectivity index is 0.000000201. The summed E-state index contributed by atoms with van der Waals surface area (Å²) >= 11 is 12.2. The van der Waals surface area contributed by atoms with Crippen molar-refractivity contribution in [1.29, 1.82) is 0 Å². The number of nitrogens with zero attached hydrogens (tertiary/aromatic N) is 4. The van der Waals surface area contributed by atoms with Gasteiger partial charge in [-0.25, -0.2) is 13.1 Å². The normalized spacial score (nSPS) is 12.7. The van der Waals surface area contributed by atoms with Crippen LogP contribution in [0.4, 0.5) is 5.69 Å². The average Bonchev–Trinajstić information content (AvgIpc) is 3.84. The van der Waals surface area contributed by atoms with E-state index in [0.717, 1.165) is 17.4 Å². The maximum Gasteiger partial charge on any atom is 0.299 e. The SMILES string of the molecule is COc1cc(OC)n2nc(S(=O)(=O)Nc3c(Cl)ccc(C)c3Cl)nc2n1.COc1ccccc1C(=O)NS(=O)(=O)c1ccc(C(=O)NC2CC2)cc1. The Bertz CT molecular complexity index is 2370. The van der Waals surface area contributed by atoms with E-state index in [0.29, 0.717) is 11.1 Å². The fraction of sp³-hybridized carbons (Fsp3) is 0.219. The molecule has 1 aliphatic rings. The van der Waals surface area contributed by atoms with E-state index >= 15 is 0 Å². The standard InChI is InChI=1S/C18H18N2O5S.C14H13Cl2N5O4S/c1-25-16-5-3-2-4-15(16)18(22)20-26(23,24)14-10-6-12(7-11-14)17(21)19-13-8-9-13;1-7-4-5-8(15)12(11(7)16)20-26(22,23)14-18-13-17-9(24-2)6-10(25-3)21(13)19-14/h2-7,10-11,13H,8-9H2,1H3,(H,19,21)(H,20,22);4-6,20H,1-3H3. The van der Waals surface area contributed by atoms with Crippen LogP contribution in [0.2, 0.25) is 10.0 Å². The Morgan fingerprint density at radius 2 is 1.54 bits per heavy atom. The number of hydrogen-bond donors (Lipinski definition) is 3. The molecule has 1 saturated carbocycles. The van der Waals surface area contributed by atoms with Crippen LogP contribution in [0.1, 0.15) is 39.1 Å². The molecule has 1 fully saturated rings. The van der Waals surface area contributed by atoms with Crippen LogP contribution in [0.5, 0.6) is 17.5 Å². The number of para-hydroxylation sites is 1. The van der Waals surface area contributed by atoms with Crippen molar-refractivity contribution in [2.24, 2.45) is 0 Å². The van der Waals surface area contributed by atoms with Gasteiger partial charge < -0.3 is 19.5 Å². The predicted molar refractivity (Wildman–Crippen MR) is 190 cm³/mol. The number of aromatic nitrogens is 4. The zero-order valence-electron chi connectivity index (χ0n) is 27.9. The fourth-order valence-electron chi connectivity index (χ4n) is 4.45. The Kier molecular flexibility index (Phi) is 11.4. The van der Waals surface area contributed by atoms with Gasteiger partial charge in [0.15, 0.2) is 0 Å². The first kappa shape index (κ1) is 38.1. The lowest BCUT2D eigenvalue weighted by Crippen LogP contribution is -2.31. The molecule has 16 nitrogen and oxygen atoms in total. The van der Waals surface area contributed by atoms with Gasteiger partial charge in [0, 0.05) is 11.6 Å². The smallest absolute Gasteiger partial charge is 0.299 e. The molecule has 5 aromatic rings. The van der Waals surface area contributed by atoms with Crippen molar-refractivity contribution in [3.8, 4) is 17.5 Å². The van der Waals surface area contributed by atoms with E-state index < -0.39 is 31.1 Å². The lowest BCUT2D eigenvalue weighted by atomic mass is 10.2. The first-order valence-corrected chi connectivity index (χ1v) is 18.8. The second kappa shape index (κ2) is 15.6. The second-order valence-electron chi connectivity index (χ2n) is 11.0. The summed E-state index contributed by atoms with van der Waals surface area (Å²) in [7, 11) is -4.05. The highest BCUT2D eigenvalue weighted by Crippen LogP contribution is 2.34. The molecule has 0 radical (unpaired) electrons. The van der Waals surface area contributed by atoms with Gasteiger partial charge in [0.2, 0.25) is 11.8 Å². The third kappa shape index (κ3) is 8.64. The van der Waals surface area contributed by atoms with Crippen molar-refractivity contribution in [3.05, 3.63) is 93.5 Å². The average molecular weight is 793 g/mol. The Morgan fingerprint density at radius 1 is 0.846 bits per heavy atom. The topological polar surface area (TPSA) is 209 Å². The summed E-state index contributed by atoms with van der Waals surface area (Å²) in [6.07, 6.45) is 1.93. The van der Waals surface area contributed by atoms with Crippen molar-refractivity contribution < 1.29 is 40.6 Å². The number of carbonyl (C=O) groups excluding carboxylic acids is 2. The van der Waals surface area contributed by atoms with E-state index in [1.807, 2.05) is 4.72 Å². The molecule has 0 aliphatic heterocycles. The van der Waals surface area contributed by atoms with Crippen LogP contribution in [0.25, 0.3) is 5.78 Å². The number of fused-ring (bicyclic) bond motifs is 1. The minimum absolute atomic E-state index is 0.0111. The molecular formula is C32H31Cl2N7O9S2. The number of sulfonamides is 2. The van der Waals surface area contributed by atoms with Crippen molar-refractivity contribution in [1.82, 2.24) is 29.6 Å². The molecule has 2 heterocycles. The molecule has 3 aromatic carbocycles. The molecule has 0 bridgehead atoms. The van der Waals surface area contributed by atoms with Crippen molar-refractivity contribution in [3.63, 3.8) is 0 Å². The fourth-order valence-corrected chi connectivity index (χ4v) is 6.95. The van der Waals surface area contributed by atoms with E-state index in [1.165, 1.54) is 63.8 Å². The molecule has 1 aliphatic carbocycles. The number of benzene rings is 3. The van der Waals surface area contributed by atoms with Crippen LogP contribution in [0.15, 0.2) is 76.8 Å². The summed E-state index contributed by atoms with van der Waals surface area (Å²) in [5.41, 5.74) is 1.18. The number of nitrogens with one attached hydrogen (secondary N) is 3. The molecule has 0 unspecified atom stereocenters. The molecule has 0 saturated heterocycles. The van der Waals surface area contributed by atoms with Crippen molar-refractivity contribution in [2.75, 3.05) is 26.1 Å².